The average molecular weight is 466 g/mol. The maximum atomic E-state index is 13.0. The first-order valence-electron chi connectivity index (χ1n) is 11.3. The van der Waals surface area contributed by atoms with Gasteiger partial charge in [0.1, 0.15) is 0 Å². The zero-order valence-electron chi connectivity index (χ0n) is 20.5. The number of amides is 1. The van der Waals surface area contributed by atoms with E-state index in [0.29, 0.717) is 24.0 Å². The molecule has 9 nitrogen and oxygen atoms in total. The number of carbonyl (C=O) groups excluding carboxylic acids is 2. The highest BCUT2D eigenvalue weighted by atomic mass is 16.6. The summed E-state index contributed by atoms with van der Waals surface area (Å²) in [6.45, 7) is 7.94. The van der Waals surface area contributed by atoms with E-state index in [9.17, 15) is 9.59 Å². The van der Waals surface area contributed by atoms with Gasteiger partial charge in [0.05, 0.1) is 13.2 Å². The van der Waals surface area contributed by atoms with Crippen molar-refractivity contribution in [1.29, 1.82) is 0 Å². The van der Waals surface area contributed by atoms with Gasteiger partial charge in [0.25, 0.3) is 5.91 Å². The van der Waals surface area contributed by atoms with Crippen molar-refractivity contribution in [1.82, 2.24) is 25.1 Å². The molecule has 0 radical (unpaired) electrons. The second-order valence-corrected chi connectivity index (χ2v) is 8.30. The zero-order chi connectivity index (χ0) is 24.8. The van der Waals surface area contributed by atoms with Gasteiger partial charge >= 0.3 is 5.97 Å². The quantitative estimate of drug-likeness (QED) is 0.472. The molecule has 0 spiro atoms. The number of ether oxygens (including phenoxy) is 2. The fourth-order valence-corrected chi connectivity index (χ4v) is 3.41. The first-order chi connectivity index (χ1) is 16.2. The van der Waals surface area contributed by atoms with Crippen LogP contribution in [0.1, 0.15) is 74.4 Å². The van der Waals surface area contributed by atoms with Crippen LogP contribution in [-0.4, -0.2) is 38.7 Å². The van der Waals surface area contributed by atoms with Crippen LogP contribution in [0.15, 0.2) is 36.5 Å². The molecule has 0 aliphatic heterocycles. The molecular formula is C25H31N5O4. The predicted molar refractivity (Wildman–Crippen MR) is 128 cm³/mol. The van der Waals surface area contributed by atoms with E-state index in [2.05, 4.69) is 46.4 Å². The molecule has 34 heavy (non-hydrogen) atoms. The highest BCUT2D eigenvalue weighted by Crippen LogP contribution is 2.30. The molecular weight excluding hydrogens is 434 g/mol. The van der Waals surface area contributed by atoms with Crippen LogP contribution in [-0.2, 0) is 11.8 Å². The standard InChI is InChI=1S/C25H31N5O4/c1-7-8-20(31)34-22-19(33-6)13-14-26-21(22)25(32)27-16(4)23-28-24(30(5)29-23)18-11-9-17(10-12-18)15(2)3/h9-16H,7-8H2,1-6H3,(H,27,32)/t16-/m0/s1. The second-order valence-electron chi connectivity index (χ2n) is 8.30. The van der Waals surface area contributed by atoms with Crippen molar-refractivity contribution in [2.24, 2.45) is 7.05 Å². The Kier molecular flexibility index (Phi) is 7.99. The van der Waals surface area contributed by atoms with E-state index >= 15 is 0 Å². The highest BCUT2D eigenvalue weighted by Gasteiger charge is 2.24. The summed E-state index contributed by atoms with van der Waals surface area (Å²) in [5.41, 5.74) is 2.13. The number of nitrogens with one attached hydrogen (secondary N) is 1. The zero-order valence-corrected chi connectivity index (χ0v) is 20.5. The topological polar surface area (TPSA) is 108 Å². The van der Waals surface area contributed by atoms with E-state index < -0.39 is 17.9 Å². The van der Waals surface area contributed by atoms with E-state index in [1.807, 2.05) is 26.1 Å². The molecule has 3 rings (SSSR count). The number of hydrogen-bond donors (Lipinski definition) is 1. The van der Waals surface area contributed by atoms with Crippen LogP contribution in [0.25, 0.3) is 11.4 Å². The molecule has 180 valence electrons. The van der Waals surface area contributed by atoms with Gasteiger partial charge in [-0.1, -0.05) is 45.0 Å². The van der Waals surface area contributed by atoms with Crippen LogP contribution >= 0.6 is 0 Å². The van der Waals surface area contributed by atoms with Gasteiger partial charge in [0, 0.05) is 31.3 Å². The summed E-state index contributed by atoms with van der Waals surface area (Å²) < 4.78 is 12.4. The minimum Gasteiger partial charge on any atom is -0.493 e. The molecule has 0 saturated heterocycles. The van der Waals surface area contributed by atoms with Crippen LogP contribution < -0.4 is 14.8 Å². The summed E-state index contributed by atoms with van der Waals surface area (Å²) in [6.07, 6.45) is 2.26. The largest absolute Gasteiger partial charge is 0.493 e. The Hall–Kier alpha value is -3.75. The van der Waals surface area contributed by atoms with E-state index in [0.717, 1.165) is 5.56 Å². The van der Waals surface area contributed by atoms with E-state index in [4.69, 9.17) is 9.47 Å². The summed E-state index contributed by atoms with van der Waals surface area (Å²) >= 11 is 0. The smallest absolute Gasteiger partial charge is 0.311 e. The van der Waals surface area contributed by atoms with Gasteiger partial charge in [0.2, 0.25) is 5.75 Å². The fourth-order valence-electron chi connectivity index (χ4n) is 3.41. The van der Waals surface area contributed by atoms with Crippen LogP contribution in [0, 0.1) is 0 Å². The molecule has 1 atom stereocenters. The molecule has 1 N–H and O–H groups in total. The Morgan fingerprint density at radius 3 is 2.44 bits per heavy atom. The van der Waals surface area contributed by atoms with Crippen molar-refractivity contribution in [3.05, 3.63) is 53.6 Å². The summed E-state index contributed by atoms with van der Waals surface area (Å²) in [4.78, 5) is 33.9. The molecule has 0 aliphatic carbocycles. The molecule has 2 aromatic heterocycles. The lowest BCUT2D eigenvalue weighted by molar-refractivity contribution is -0.134. The number of hydrogen-bond acceptors (Lipinski definition) is 7. The lowest BCUT2D eigenvalue weighted by Crippen LogP contribution is -2.29. The number of benzene rings is 1. The van der Waals surface area contributed by atoms with Crippen molar-refractivity contribution in [3.8, 4) is 22.9 Å². The number of rotatable bonds is 9. The van der Waals surface area contributed by atoms with Crippen LogP contribution in [0.4, 0.5) is 0 Å². The summed E-state index contributed by atoms with van der Waals surface area (Å²) in [6, 6.07) is 9.21. The Labute approximate surface area is 199 Å². The van der Waals surface area contributed by atoms with Crippen LogP contribution in [0.5, 0.6) is 11.5 Å². The Bertz CT molecular complexity index is 1150. The van der Waals surface area contributed by atoms with Crippen molar-refractivity contribution in [2.45, 2.75) is 52.5 Å². The predicted octanol–water partition coefficient (Wildman–Crippen LogP) is 4.21. The highest BCUT2D eigenvalue weighted by molar-refractivity contribution is 5.96. The van der Waals surface area contributed by atoms with Gasteiger partial charge in [-0.3, -0.25) is 9.59 Å². The molecule has 0 bridgehead atoms. The van der Waals surface area contributed by atoms with E-state index in [1.165, 1.54) is 24.9 Å². The fraction of sp³-hybridized carbons (Fsp3) is 0.400. The van der Waals surface area contributed by atoms with Crippen molar-refractivity contribution < 1.29 is 19.1 Å². The molecule has 1 amide bonds. The van der Waals surface area contributed by atoms with Gasteiger partial charge in [-0.05, 0) is 24.8 Å². The Balaban J connectivity index is 1.81. The summed E-state index contributed by atoms with van der Waals surface area (Å²) in [5.74, 6) is 0.840. The molecule has 0 saturated carbocycles. The molecule has 1 aromatic carbocycles. The molecule has 0 aliphatic rings. The number of nitrogens with zero attached hydrogens (tertiary/aromatic N) is 4. The third-order valence-corrected chi connectivity index (χ3v) is 5.32. The molecule has 9 heteroatoms. The monoisotopic (exact) mass is 465 g/mol. The van der Waals surface area contributed by atoms with Crippen molar-refractivity contribution >= 4 is 11.9 Å². The molecule has 0 unspecified atom stereocenters. The van der Waals surface area contributed by atoms with E-state index in [1.54, 1.807) is 11.6 Å². The lowest BCUT2D eigenvalue weighted by atomic mass is 10.0. The summed E-state index contributed by atoms with van der Waals surface area (Å²) in [7, 11) is 3.25. The van der Waals surface area contributed by atoms with Crippen molar-refractivity contribution in [2.75, 3.05) is 7.11 Å². The molecule has 0 fully saturated rings. The first kappa shape index (κ1) is 24.9. The van der Waals surface area contributed by atoms with Gasteiger partial charge < -0.3 is 14.8 Å². The second kappa shape index (κ2) is 10.9. The van der Waals surface area contributed by atoms with Gasteiger partial charge in [-0.2, -0.15) is 5.10 Å². The minimum atomic E-state index is -0.527. The molecule has 2 heterocycles. The van der Waals surface area contributed by atoms with Gasteiger partial charge in [-0.25, -0.2) is 14.6 Å². The summed E-state index contributed by atoms with van der Waals surface area (Å²) in [5, 5.41) is 7.32. The first-order valence-corrected chi connectivity index (χ1v) is 11.3. The number of pyridine rings is 1. The maximum Gasteiger partial charge on any atom is 0.311 e. The molecule has 3 aromatic rings. The number of methoxy groups -OCH3 is 1. The Morgan fingerprint density at radius 2 is 1.82 bits per heavy atom. The lowest BCUT2D eigenvalue weighted by Gasteiger charge is -2.14. The number of aryl methyl sites for hydroxylation is 1. The normalized spacial score (nSPS) is 11.9. The number of esters is 1. The van der Waals surface area contributed by atoms with E-state index in [-0.39, 0.29) is 23.6 Å². The number of carbonyl (C=O) groups is 2. The van der Waals surface area contributed by atoms with Gasteiger partial charge in [-0.15, -0.1) is 0 Å². The third kappa shape index (κ3) is 5.59. The van der Waals surface area contributed by atoms with Crippen LogP contribution in [0.3, 0.4) is 0 Å². The van der Waals surface area contributed by atoms with Gasteiger partial charge in [0.15, 0.2) is 23.1 Å². The minimum absolute atomic E-state index is 0.00642. The third-order valence-electron chi connectivity index (χ3n) is 5.32. The van der Waals surface area contributed by atoms with Crippen molar-refractivity contribution in [3.63, 3.8) is 0 Å². The number of aromatic nitrogens is 4. The maximum absolute atomic E-state index is 13.0. The van der Waals surface area contributed by atoms with Crippen LogP contribution in [0.2, 0.25) is 0 Å². The SMILES string of the molecule is CCCC(=O)Oc1c(OC)ccnc1C(=O)N[C@@H](C)c1nc(-c2ccc(C(C)C)cc2)n(C)n1. The average Bonchev–Trinajstić information content (AvgIpc) is 3.21. The Morgan fingerprint density at radius 1 is 1.12 bits per heavy atom.